The molecule has 2 atom stereocenters. The van der Waals surface area contributed by atoms with Crippen LogP contribution >= 0.6 is 14.7 Å². The zero-order valence-corrected chi connectivity index (χ0v) is 41.4. The molecular weight excluding hydrogens is 899 g/mol. The molecule has 0 bridgehead atoms. The molecule has 0 spiro atoms. The number of pyridine rings is 4. The number of hydrogen-bond donors (Lipinski definition) is 2. The highest BCUT2D eigenvalue weighted by Gasteiger charge is 2.46. The molecule has 9 rings (SSSR count). The molecule has 0 saturated carbocycles. The summed E-state index contributed by atoms with van der Waals surface area (Å²) in [5.74, 6) is -2.11. The van der Waals surface area contributed by atoms with E-state index in [0.717, 1.165) is 33.6 Å². The fourth-order valence-electron chi connectivity index (χ4n) is 9.73. The van der Waals surface area contributed by atoms with E-state index in [-0.39, 0.29) is 6.16 Å². The van der Waals surface area contributed by atoms with Crippen LogP contribution in [0, 0.1) is 0 Å². The number of fused-ring (bicyclic) bond motifs is 3. The van der Waals surface area contributed by atoms with Crippen LogP contribution in [0.2, 0.25) is 0 Å². The third kappa shape index (κ3) is 9.58. The molecule has 4 heterocycles. The lowest BCUT2D eigenvalue weighted by Crippen LogP contribution is -2.36. The molecule has 0 fully saturated rings. The molecule has 0 amide bonds. The van der Waals surface area contributed by atoms with E-state index in [9.17, 15) is 19.3 Å². The predicted octanol–water partition coefficient (Wildman–Crippen LogP) is 9.82. The molecule has 4 aromatic heterocycles. The maximum atomic E-state index is 13.1. The van der Waals surface area contributed by atoms with Crippen molar-refractivity contribution in [2.45, 2.75) is 57.9 Å². The number of aliphatic hydroxyl groups is 2. The first-order chi connectivity index (χ1) is 33.5. The summed E-state index contributed by atoms with van der Waals surface area (Å²) in [6.45, 7) is 8.32. The lowest BCUT2D eigenvalue weighted by Gasteiger charge is -2.33. The fraction of sp³-hybridized carbons (Fsp3) is 0.228. The SMILES string of the molecule is CCOP(=O)(CC[n+]1ccc(-c2cc[n+](-c3ccc(C4(c5ccc(-[n+]6ccc(-c7cc[n+](CCP(=O)(C(C)O)C(C)O)cc7)cc6)cc5)c5ccccc5-c5ccccc54)cc3)cc2)cc1)OCC. The fourth-order valence-corrected chi connectivity index (χ4v) is 13.2. The third-order valence-corrected chi connectivity index (χ3v) is 19.0. The smallest absolute Gasteiger partial charge is 0.337 e. The monoisotopic (exact) mass is 958 g/mol. The average Bonchev–Trinajstić information content (AvgIpc) is 3.69. The number of aryl methyl sites for hydroxylation is 2. The Balaban J connectivity index is 0.953. The summed E-state index contributed by atoms with van der Waals surface area (Å²) in [5.41, 5.74) is 13.2. The second-order valence-electron chi connectivity index (χ2n) is 17.6. The van der Waals surface area contributed by atoms with Gasteiger partial charge in [0.15, 0.2) is 62.7 Å². The molecule has 2 unspecified atom stereocenters. The molecule has 12 heteroatoms. The van der Waals surface area contributed by atoms with Crippen molar-refractivity contribution in [1.82, 2.24) is 0 Å². The molecule has 2 N–H and O–H groups in total. The highest BCUT2D eigenvalue weighted by Crippen LogP contribution is 2.56. The predicted molar refractivity (Wildman–Crippen MR) is 270 cm³/mol. The largest absolute Gasteiger partial charge is 0.386 e. The van der Waals surface area contributed by atoms with Gasteiger partial charge < -0.3 is 23.8 Å². The average molecular weight is 959 g/mol. The minimum atomic E-state index is -3.14. The highest BCUT2D eigenvalue weighted by molar-refractivity contribution is 7.64. The summed E-state index contributed by atoms with van der Waals surface area (Å²) in [6.07, 6.45) is 16.8. The summed E-state index contributed by atoms with van der Waals surface area (Å²) in [5, 5.41) is 20.2. The molecule has 10 nitrogen and oxygen atoms in total. The lowest BCUT2D eigenvalue weighted by molar-refractivity contribution is -0.692. The maximum absolute atomic E-state index is 13.1. The standard InChI is InChI=1S/C57H60N4O6P2/c1-5-66-69(65,67-6-2)42-40-59-33-25-46(26-34-59)48-29-37-61(38-30-48)52-21-17-50(18-22-52)57(55-13-9-7-11-53(55)54-12-8-10-14-56(54)57)49-15-19-51(20-16-49)60-35-27-47(28-36-60)45-23-31-58(32-24-45)39-41-68(64,43(3)62)44(4)63/h7-38,43-44,62-63H,5-6,39-42H2,1-4H3/q+4. The van der Waals surface area contributed by atoms with Gasteiger partial charge in [-0.2, -0.15) is 9.13 Å². The van der Waals surface area contributed by atoms with Crippen molar-refractivity contribution in [3.63, 3.8) is 0 Å². The van der Waals surface area contributed by atoms with E-state index < -0.39 is 31.8 Å². The topological polar surface area (TPSA) is 109 Å². The molecule has 350 valence electrons. The first-order valence-corrected chi connectivity index (χ1v) is 27.5. The number of aliphatic hydroxyl groups excluding tert-OH is 2. The van der Waals surface area contributed by atoms with E-state index in [1.165, 1.54) is 47.2 Å². The summed E-state index contributed by atoms with van der Waals surface area (Å²) >= 11 is 0. The van der Waals surface area contributed by atoms with Gasteiger partial charge in [0, 0.05) is 72.8 Å². The Kier molecular flexibility index (Phi) is 14.1. The van der Waals surface area contributed by atoms with Crippen LogP contribution in [0.5, 0.6) is 0 Å². The minimum absolute atomic E-state index is 0.219. The van der Waals surface area contributed by atoms with Gasteiger partial charge in [0.2, 0.25) is 11.4 Å². The number of rotatable bonds is 18. The summed E-state index contributed by atoms with van der Waals surface area (Å²) in [4.78, 5) is 0. The van der Waals surface area contributed by atoms with E-state index in [2.05, 4.69) is 167 Å². The first-order valence-electron chi connectivity index (χ1n) is 23.7. The zero-order valence-electron chi connectivity index (χ0n) is 39.6. The van der Waals surface area contributed by atoms with Gasteiger partial charge in [-0.15, -0.1) is 0 Å². The Morgan fingerprint density at radius 1 is 0.478 bits per heavy atom. The summed E-state index contributed by atoms with van der Waals surface area (Å²) < 4.78 is 45.2. The first kappa shape index (κ1) is 47.8. The van der Waals surface area contributed by atoms with Gasteiger partial charge in [-0.1, -0.05) is 72.8 Å². The van der Waals surface area contributed by atoms with Crippen LogP contribution in [0.3, 0.4) is 0 Å². The van der Waals surface area contributed by atoms with E-state index in [1.54, 1.807) is 0 Å². The van der Waals surface area contributed by atoms with Crippen molar-refractivity contribution < 1.29 is 46.7 Å². The van der Waals surface area contributed by atoms with Crippen LogP contribution in [0.1, 0.15) is 49.9 Å². The normalized spacial score (nSPS) is 14.6. The second-order valence-corrected chi connectivity index (χ2v) is 23.4. The Bertz CT molecular complexity index is 3060. The van der Waals surface area contributed by atoms with Crippen molar-refractivity contribution in [1.29, 1.82) is 0 Å². The van der Waals surface area contributed by atoms with Gasteiger partial charge in [0.25, 0.3) is 0 Å². The Morgan fingerprint density at radius 3 is 1.19 bits per heavy atom. The van der Waals surface area contributed by atoms with E-state index in [4.69, 9.17) is 9.05 Å². The second kappa shape index (κ2) is 20.4. The van der Waals surface area contributed by atoms with Gasteiger partial charge in [-0.25, -0.2) is 9.13 Å². The van der Waals surface area contributed by atoms with E-state index in [1.807, 2.05) is 59.9 Å². The van der Waals surface area contributed by atoms with Gasteiger partial charge in [0.1, 0.15) is 25.0 Å². The molecule has 0 saturated heterocycles. The Hall–Kier alpha value is -6.22. The van der Waals surface area contributed by atoms with Crippen molar-refractivity contribution in [3.05, 3.63) is 217 Å². The summed E-state index contributed by atoms with van der Waals surface area (Å²) in [7, 11) is -6.26. The number of benzene rings is 4. The zero-order chi connectivity index (χ0) is 48.2. The molecule has 0 radical (unpaired) electrons. The van der Waals surface area contributed by atoms with Gasteiger partial charge in [-0.3, -0.25) is 4.57 Å². The molecule has 1 aliphatic rings. The number of hydrogen-bond acceptors (Lipinski definition) is 6. The van der Waals surface area contributed by atoms with Crippen molar-refractivity contribution in [3.8, 4) is 44.8 Å². The van der Waals surface area contributed by atoms with Crippen molar-refractivity contribution >= 4 is 14.7 Å². The third-order valence-electron chi connectivity index (χ3n) is 13.5. The maximum Gasteiger partial charge on any atom is 0.337 e. The van der Waals surface area contributed by atoms with Crippen LogP contribution in [0.25, 0.3) is 44.8 Å². The number of aromatic nitrogens is 4. The van der Waals surface area contributed by atoms with Gasteiger partial charge >= 0.3 is 7.60 Å². The quantitative estimate of drug-likeness (QED) is 0.0656. The Morgan fingerprint density at radius 2 is 0.826 bits per heavy atom. The minimum Gasteiger partial charge on any atom is -0.386 e. The van der Waals surface area contributed by atoms with Gasteiger partial charge in [-0.05, 0) is 83.3 Å². The van der Waals surface area contributed by atoms with Crippen LogP contribution in [-0.2, 0) is 36.7 Å². The Labute approximate surface area is 405 Å². The molecular formula is C57H60N4O6P2+4. The molecule has 1 aliphatic carbocycles. The molecule has 8 aromatic rings. The van der Waals surface area contributed by atoms with Crippen LogP contribution in [0.4, 0.5) is 0 Å². The molecule has 4 aromatic carbocycles. The summed E-state index contributed by atoms with van der Waals surface area (Å²) in [6, 6.07) is 52.2. The van der Waals surface area contributed by atoms with E-state index in [0.29, 0.717) is 32.5 Å². The lowest BCUT2D eigenvalue weighted by atomic mass is 9.67. The van der Waals surface area contributed by atoms with Gasteiger partial charge in [0.05, 0.1) is 24.8 Å². The van der Waals surface area contributed by atoms with Crippen LogP contribution in [-0.4, -0.2) is 47.4 Å². The van der Waals surface area contributed by atoms with E-state index >= 15 is 0 Å². The molecule has 69 heavy (non-hydrogen) atoms. The van der Waals surface area contributed by atoms with Crippen molar-refractivity contribution in [2.75, 3.05) is 25.5 Å². The van der Waals surface area contributed by atoms with Crippen molar-refractivity contribution in [2.24, 2.45) is 0 Å². The van der Waals surface area contributed by atoms with Crippen LogP contribution < -0.4 is 18.3 Å². The number of nitrogens with zero attached hydrogens (tertiary/aromatic N) is 4. The molecule has 0 aliphatic heterocycles. The highest BCUT2D eigenvalue weighted by atomic mass is 31.2. The van der Waals surface area contributed by atoms with Crippen LogP contribution in [0.15, 0.2) is 195 Å².